The summed E-state index contributed by atoms with van der Waals surface area (Å²) in [7, 11) is 0. The molecular formula is C22H17F3N2O. The summed E-state index contributed by atoms with van der Waals surface area (Å²) in [6, 6.07) is 12.7. The van der Waals surface area contributed by atoms with Crippen LogP contribution in [-0.4, -0.2) is 16.8 Å². The number of halogens is 3. The molecule has 0 saturated heterocycles. The van der Waals surface area contributed by atoms with Crippen LogP contribution >= 0.6 is 0 Å². The van der Waals surface area contributed by atoms with E-state index in [1.807, 2.05) is 6.92 Å². The quantitative estimate of drug-likeness (QED) is 0.678. The van der Waals surface area contributed by atoms with Crippen LogP contribution in [0.1, 0.15) is 27.0 Å². The molecule has 0 unspecified atom stereocenters. The number of nitrogens with one attached hydrogen (secondary N) is 1. The van der Waals surface area contributed by atoms with Gasteiger partial charge in [-0.3, -0.25) is 4.79 Å². The van der Waals surface area contributed by atoms with Crippen molar-refractivity contribution < 1.29 is 18.0 Å². The minimum atomic E-state index is -2.69. The molecule has 6 heteroatoms. The zero-order chi connectivity index (χ0) is 19.9. The molecule has 3 aromatic rings. The van der Waals surface area contributed by atoms with Crippen molar-refractivity contribution in [2.24, 2.45) is 0 Å². The van der Waals surface area contributed by atoms with E-state index < -0.39 is 17.6 Å². The number of alkyl halides is 2. The molecule has 0 fully saturated rings. The monoisotopic (exact) mass is 382 g/mol. The predicted molar refractivity (Wildman–Crippen MR) is 101 cm³/mol. The van der Waals surface area contributed by atoms with Crippen LogP contribution in [0.4, 0.5) is 19.0 Å². The van der Waals surface area contributed by atoms with Crippen LogP contribution in [0.2, 0.25) is 0 Å². The molecule has 0 aliphatic heterocycles. The molecular weight excluding hydrogens is 365 g/mol. The molecule has 4 rings (SSSR count). The number of anilines is 1. The zero-order valence-corrected chi connectivity index (χ0v) is 15.1. The molecule has 142 valence electrons. The fraction of sp³-hybridized carbons (Fsp3) is 0.182. The van der Waals surface area contributed by atoms with E-state index in [-0.39, 0.29) is 24.2 Å². The molecule has 3 nitrogen and oxygen atoms in total. The molecule has 0 spiro atoms. The second-order valence-corrected chi connectivity index (χ2v) is 7.01. The summed E-state index contributed by atoms with van der Waals surface area (Å²) in [6.07, 6.45) is 1.10. The van der Waals surface area contributed by atoms with Gasteiger partial charge in [0.1, 0.15) is 11.6 Å². The first-order valence-electron chi connectivity index (χ1n) is 8.85. The number of aryl methyl sites for hydroxylation is 1. The molecule has 0 atom stereocenters. The summed E-state index contributed by atoms with van der Waals surface area (Å²) >= 11 is 0. The van der Waals surface area contributed by atoms with Gasteiger partial charge in [-0.15, -0.1) is 0 Å². The van der Waals surface area contributed by atoms with Gasteiger partial charge in [-0.25, -0.2) is 18.2 Å². The van der Waals surface area contributed by atoms with Crippen molar-refractivity contribution in [1.29, 1.82) is 0 Å². The predicted octanol–water partition coefficient (Wildman–Crippen LogP) is 5.18. The van der Waals surface area contributed by atoms with Crippen molar-refractivity contribution >= 4 is 11.7 Å². The molecule has 1 aliphatic carbocycles. The molecule has 1 aliphatic rings. The largest absolute Gasteiger partial charge is 0.306 e. The number of aromatic nitrogens is 1. The van der Waals surface area contributed by atoms with Crippen molar-refractivity contribution in [3.05, 3.63) is 82.8 Å². The Kier molecular flexibility index (Phi) is 4.41. The van der Waals surface area contributed by atoms with Gasteiger partial charge >= 0.3 is 0 Å². The number of pyridine rings is 1. The van der Waals surface area contributed by atoms with E-state index in [9.17, 15) is 18.0 Å². The summed E-state index contributed by atoms with van der Waals surface area (Å²) in [5, 5.41) is 2.56. The highest BCUT2D eigenvalue weighted by Gasteiger charge is 2.37. The van der Waals surface area contributed by atoms with Crippen molar-refractivity contribution in [2.75, 3.05) is 5.32 Å². The SMILES string of the molecule is Cc1cc2c(cc1-c1ccc(NC(=O)c3ccccc3F)nc1)CC(F)(F)C2. The van der Waals surface area contributed by atoms with Crippen molar-refractivity contribution in [1.82, 2.24) is 4.98 Å². The maximum absolute atomic E-state index is 13.7. The lowest BCUT2D eigenvalue weighted by molar-refractivity contribution is 0.0130. The number of hydrogen-bond donors (Lipinski definition) is 1. The third-order valence-corrected chi connectivity index (χ3v) is 4.88. The van der Waals surface area contributed by atoms with Crippen LogP contribution in [0.15, 0.2) is 54.7 Å². The zero-order valence-electron chi connectivity index (χ0n) is 15.1. The van der Waals surface area contributed by atoms with Crippen LogP contribution in [0.5, 0.6) is 0 Å². The van der Waals surface area contributed by atoms with Gasteiger partial charge in [-0.1, -0.05) is 24.3 Å². The lowest BCUT2D eigenvalue weighted by Crippen LogP contribution is -2.14. The third-order valence-electron chi connectivity index (χ3n) is 4.88. The topological polar surface area (TPSA) is 42.0 Å². The van der Waals surface area contributed by atoms with Crippen LogP contribution in [-0.2, 0) is 12.8 Å². The van der Waals surface area contributed by atoms with Gasteiger partial charge in [0, 0.05) is 24.6 Å². The number of nitrogens with zero attached hydrogens (tertiary/aromatic N) is 1. The van der Waals surface area contributed by atoms with Gasteiger partial charge in [-0.05, 0) is 53.4 Å². The normalized spacial score (nSPS) is 14.6. The molecule has 0 radical (unpaired) electrons. The fourth-order valence-corrected chi connectivity index (χ4v) is 3.53. The number of carbonyl (C=O) groups excluding carboxylic acids is 1. The van der Waals surface area contributed by atoms with Crippen molar-refractivity contribution in [2.45, 2.75) is 25.7 Å². The smallest absolute Gasteiger partial charge is 0.259 e. The first kappa shape index (κ1) is 18.2. The Labute approximate surface area is 160 Å². The number of carbonyl (C=O) groups is 1. The Morgan fingerprint density at radius 1 is 1.07 bits per heavy atom. The average Bonchev–Trinajstić information content (AvgIpc) is 2.95. The number of rotatable bonds is 3. The van der Waals surface area contributed by atoms with E-state index in [1.165, 1.54) is 18.2 Å². The lowest BCUT2D eigenvalue weighted by Gasteiger charge is -2.10. The minimum absolute atomic E-state index is 0.0660. The third kappa shape index (κ3) is 3.50. The van der Waals surface area contributed by atoms with E-state index in [0.717, 1.165) is 16.7 Å². The number of hydrogen-bond acceptors (Lipinski definition) is 2. The molecule has 28 heavy (non-hydrogen) atoms. The second-order valence-electron chi connectivity index (χ2n) is 7.01. The van der Waals surface area contributed by atoms with Crippen LogP contribution < -0.4 is 5.32 Å². The maximum atomic E-state index is 13.7. The first-order chi connectivity index (χ1) is 13.3. The van der Waals surface area contributed by atoms with Crippen LogP contribution in [0.25, 0.3) is 11.1 Å². The molecule has 1 heterocycles. The van der Waals surface area contributed by atoms with E-state index in [1.54, 1.807) is 36.5 Å². The maximum Gasteiger partial charge on any atom is 0.259 e. The van der Waals surface area contributed by atoms with Crippen LogP contribution in [0, 0.1) is 12.7 Å². The standard InChI is InChI=1S/C22H17F3N2O/c1-13-8-15-10-22(24,25)11-16(15)9-18(13)14-6-7-20(26-12-14)27-21(28)17-4-2-3-5-19(17)23/h2-9,12H,10-11H2,1H3,(H,26,27,28). The summed E-state index contributed by atoms with van der Waals surface area (Å²) in [5.74, 6) is -3.61. The van der Waals surface area contributed by atoms with Gasteiger partial charge in [0.05, 0.1) is 5.56 Å². The van der Waals surface area contributed by atoms with E-state index >= 15 is 0 Å². The second kappa shape index (κ2) is 6.78. The first-order valence-corrected chi connectivity index (χ1v) is 8.85. The highest BCUT2D eigenvalue weighted by Crippen LogP contribution is 2.38. The van der Waals surface area contributed by atoms with Gasteiger partial charge in [0.2, 0.25) is 0 Å². The Hall–Kier alpha value is -3.15. The Bertz CT molecular complexity index is 1060. The number of fused-ring (bicyclic) bond motifs is 1. The number of benzene rings is 2. The average molecular weight is 382 g/mol. The summed E-state index contributed by atoms with van der Waals surface area (Å²) in [4.78, 5) is 16.4. The summed E-state index contributed by atoms with van der Waals surface area (Å²) < 4.78 is 41.0. The molecule has 1 N–H and O–H groups in total. The molecule has 0 saturated carbocycles. The Morgan fingerprint density at radius 3 is 2.46 bits per heavy atom. The molecule has 1 amide bonds. The fourth-order valence-electron chi connectivity index (χ4n) is 3.53. The van der Waals surface area contributed by atoms with E-state index in [4.69, 9.17) is 0 Å². The van der Waals surface area contributed by atoms with E-state index in [2.05, 4.69) is 10.3 Å². The summed E-state index contributed by atoms with van der Waals surface area (Å²) in [6.45, 7) is 1.87. The lowest BCUT2D eigenvalue weighted by atomic mass is 9.96. The highest BCUT2D eigenvalue weighted by atomic mass is 19.3. The summed E-state index contributed by atoms with van der Waals surface area (Å²) in [5.41, 5.74) is 3.76. The Morgan fingerprint density at radius 2 is 1.79 bits per heavy atom. The van der Waals surface area contributed by atoms with Crippen LogP contribution in [0.3, 0.4) is 0 Å². The molecule has 2 aromatic carbocycles. The Balaban J connectivity index is 1.56. The van der Waals surface area contributed by atoms with Gasteiger partial charge in [0.25, 0.3) is 11.8 Å². The molecule has 1 aromatic heterocycles. The highest BCUT2D eigenvalue weighted by molar-refractivity contribution is 6.04. The van der Waals surface area contributed by atoms with E-state index in [0.29, 0.717) is 11.1 Å². The van der Waals surface area contributed by atoms with Gasteiger partial charge in [0.15, 0.2) is 0 Å². The number of amides is 1. The van der Waals surface area contributed by atoms with Crippen molar-refractivity contribution in [3.8, 4) is 11.1 Å². The minimum Gasteiger partial charge on any atom is -0.306 e. The molecule has 0 bridgehead atoms. The van der Waals surface area contributed by atoms with Gasteiger partial charge in [-0.2, -0.15) is 0 Å². The van der Waals surface area contributed by atoms with Crippen molar-refractivity contribution in [3.63, 3.8) is 0 Å². The van der Waals surface area contributed by atoms with Gasteiger partial charge < -0.3 is 5.32 Å².